The van der Waals surface area contributed by atoms with Gasteiger partial charge in [-0.15, -0.1) is 0 Å². The van der Waals surface area contributed by atoms with Crippen LogP contribution in [0, 0.1) is 6.92 Å². The molecule has 0 aliphatic carbocycles. The van der Waals surface area contributed by atoms with Crippen LogP contribution in [0.25, 0.3) is 0 Å². The molecule has 0 saturated carbocycles. The van der Waals surface area contributed by atoms with Crippen LogP contribution in [0.5, 0.6) is 0 Å². The summed E-state index contributed by atoms with van der Waals surface area (Å²) in [6.07, 6.45) is -0.110. The molecule has 0 amide bonds. The summed E-state index contributed by atoms with van der Waals surface area (Å²) in [4.78, 5) is 28.8. The summed E-state index contributed by atoms with van der Waals surface area (Å²) in [5.74, 6) is -0.525. The van der Waals surface area contributed by atoms with Crippen LogP contribution in [0.2, 0.25) is 0 Å². The van der Waals surface area contributed by atoms with Crippen LogP contribution < -0.4 is 0 Å². The van der Waals surface area contributed by atoms with Gasteiger partial charge in [0.1, 0.15) is 12.7 Å². The SMILES string of the molecule is Cc1c([C@@H]2CN3CCN(CC(O)c4ccc5c(c4)C[C@H](C)OC5=O)C[C@H]3CO2)ccc2c1COC2=O. The molecule has 2 saturated heterocycles. The zero-order chi connectivity index (χ0) is 25.0. The van der Waals surface area contributed by atoms with Crippen molar-refractivity contribution in [1.29, 1.82) is 0 Å². The average Bonchev–Trinajstić information content (AvgIpc) is 3.25. The molecule has 0 radical (unpaired) electrons. The fraction of sp³-hybridized carbons (Fsp3) is 0.500. The Morgan fingerprint density at radius 2 is 1.92 bits per heavy atom. The van der Waals surface area contributed by atoms with E-state index in [2.05, 4.69) is 16.7 Å². The number of cyclic esters (lactones) is 2. The van der Waals surface area contributed by atoms with Gasteiger partial charge in [-0.1, -0.05) is 18.2 Å². The number of hydrogen-bond donors (Lipinski definition) is 1. The maximum absolute atomic E-state index is 12.1. The molecular weight excluding hydrogens is 460 g/mol. The van der Waals surface area contributed by atoms with Crippen LogP contribution in [-0.4, -0.2) is 78.3 Å². The molecule has 1 unspecified atom stereocenters. The lowest BCUT2D eigenvalue weighted by Gasteiger charge is -2.46. The lowest BCUT2D eigenvalue weighted by Crippen LogP contribution is -2.58. The summed E-state index contributed by atoms with van der Waals surface area (Å²) < 4.78 is 16.8. The number of aliphatic hydroxyl groups excluding tert-OH is 1. The van der Waals surface area contributed by atoms with Gasteiger partial charge in [0.05, 0.1) is 29.9 Å². The first-order valence-corrected chi connectivity index (χ1v) is 12.8. The van der Waals surface area contributed by atoms with Gasteiger partial charge in [0, 0.05) is 50.7 Å². The van der Waals surface area contributed by atoms with E-state index in [1.807, 2.05) is 31.2 Å². The molecule has 8 heteroatoms. The fourth-order valence-corrected chi connectivity index (χ4v) is 6.06. The van der Waals surface area contributed by atoms with Crippen LogP contribution in [0.15, 0.2) is 30.3 Å². The van der Waals surface area contributed by atoms with Crippen molar-refractivity contribution in [2.24, 2.45) is 0 Å². The highest BCUT2D eigenvalue weighted by molar-refractivity contribution is 5.94. The molecule has 0 bridgehead atoms. The van der Waals surface area contributed by atoms with Crippen LogP contribution >= 0.6 is 0 Å². The number of morpholine rings is 1. The van der Waals surface area contributed by atoms with E-state index >= 15 is 0 Å². The molecule has 2 fully saturated rings. The third-order valence-electron chi connectivity index (χ3n) is 8.11. The number of piperazine rings is 1. The maximum atomic E-state index is 12.1. The topological polar surface area (TPSA) is 88.5 Å². The number of rotatable bonds is 4. The number of hydrogen-bond acceptors (Lipinski definition) is 8. The number of ether oxygens (including phenoxy) is 3. The fourth-order valence-electron chi connectivity index (χ4n) is 6.06. The molecular formula is C28H32N2O6. The molecule has 0 spiro atoms. The first-order valence-electron chi connectivity index (χ1n) is 12.8. The van der Waals surface area contributed by atoms with Gasteiger partial charge in [-0.3, -0.25) is 9.80 Å². The van der Waals surface area contributed by atoms with E-state index in [9.17, 15) is 14.7 Å². The van der Waals surface area contributed by atoms with Crippen molar-refractivity contribution in [1.82, 2.24) is 9.80 Å². The molecule has 2 aromatic carbocycles. The number of aliphatic hydroxyl groups is 1. The molecule has 190 valence electrons. The molecule has 4 aliphatic heterocycles. The van der Waals surface area contributed by atoms with Gasteiger partial charge in [0.15, 0.2) is 0 Å². The minimum absolute atomic E-state index is 0.0241. The highest BCUT2D eigenvalue weighted by atomic mass is 16.5. The standard InChI is InChI=1S/C28H32N2O6/c1-16-9-19-10-18(3-4-22(19)28(33)36-16)25(31)12-29-7-8-30-13-26(34-14-20(30)11-29)21-5-6-23-24(17(21)2)15-35-27(23)32/h3-6,10,16,20,25-26,31H,7-9,11-15H2,1-2H3/t16-,20-,25?,26-/m0/s1. The van der Waals surface area contributed by atoms with Gasteiger partial charge in [-0.2, -0.15) is 0 Å². The van der Waals surface area contributed by atoms with Gasteiger partial charge in [-0.05, 0) is 48.2 Å². The summed E-state index contributed by atoms with van der Waals surface area (Å²) in [5, 5.41) is 11.0. The van der Waals surface area contributed by atoms with Crippen LogP contribution in [0.1, 0.15) is 67.7 Å². The maximum Gasteiger partial charge on any atom is 0.338 e. The molecule has 36 heavy (non-hydrogen) atoms. The highest BCUT2D eigenvalue weighted by Crippen LogP contribution is 2.34. The quantitative estimate of drug-likeness (QED) is 0.652. The first kappa shape index (κ1) is 23.6. The van der Waals surface area contributed by atoms with Crippen molar-refractivity contribution in [2.75, 3.05) is 39.3 Å². The third kappa shape index (κ3) is 4.22. The highest BCUT2D eigenvalue weighted by Gasteiger charge is 2.36. The number of carbonyl (C=O) groups excluding carboxylic acids is 2. The molecule has 1 N–H and O–H groups in total. The Kier molecular flexibility index (Phi) is 6.08. The number of β-amino-alcohol motifs (C(OH)–C–C–N with tert-alkyl or cyclic N) is 1. The Balaban J connectivity index is 1.08. The van der Waals surface area contributed by atoms with Crippen molar-refractivity contribution in [2.45, 2.75) is 51.2 Å². The van der Waals surface area contributed by atoms with Gasteiger partial charge in [0.25, 0.3) is 0 Å². The second kappa shape index (κ2) is 9.27. The molecule has 6 rings (SSSR count). The van der Waals surface area contributed by atoms with Crippen LogP contribution in [0.3, 0.4) is 0 Å². The van der Waals surface area contributed by atoms with E-state index in [4.69, 9.17) is 14.2 Å². The molecule has 4 atom stereocenters. The number of nitrogens with zero attached hydrogens (tertiary/aromatic N) is 2. The van der Waals surface area contributed by atoms with Gasteiger partial charge in [0.2, 0.25) is 0 Å². The second-order valence-electron chi connectivity index (χ2n) is 10.5. The van der Waals surface area contributed by atoms with Crippen molar-refractivity contribution in [3.63, 3.8) is 0 Å². The van der Waals surface area contributed by atoms with Gasteiger partial charge < -0.3 is 19.3 Å². The second-order valence-corrected chi connectivity index (χ2v) is 10.5. The Morgan fingerprint density at radius 3 is 2.78 bits per heavy atom. The van der Waals surface area contributed by atoms with Gasteiger partial charge in [-0.25, -0.2) is 9.59 Å². The molecule has 0 aromatic heterocycles. The Morgan fingerprint density at radius 1 is 1.08 bits per heavy atom. The van der Waals surface area contributed by atoms with Crippen molar-refractivity contribution in [3.05, 3.63) is 69.3 Å². The van der Waals surface area contributed by atoms with E-state index in [1.54, 1.807) is 6.07 Å². The van der Waals surface area contributed by atoms with Crippen molar-refractivity contribution in [3.8, 4) is 0 Å². The summed E-state index contributed by atoms with van der Waals surface area (Å²) in [6.45, 7) is 8.90. The van der Waals surface area contributed by atoms with E-state index in [-0.39, 0.29) is 30.2 Å². The lowest BCUT2D eigenvalue weighted by atomic mass is 9.93. The largest absolute Gasteiger partial charge is 0.459 e. The summed E-state index contributed by atoms with van der Waals surface area (Å²) in [5.41, 5.74) is 6.27. The minimum atomic E-state index is -0.619. The van der Waals surface area contributed by atoms with E-state index in [1.165, 1.54) is 0 Å². The van der Waals surface area contributed by atoms with Gasteiger partial charge >= 0.3 is 11.9 Å². The van der Waals surface area contributed by atoms with E-state index in [0.717, 1.165) is 54.0 Å². The van der Waals surface area contributed by atoms with Crippen molar-refractivity contribution >= 4 is 11.9 Å². The number of fused-ring (bicyclic) bond motifs is 3. The summed E-state index contributed by atoms with van der Waals surface area (Å²) in [6, 6.07) is 9.73. The minimum Gasteiger partial charge on any atom is -0.459 e. The Labute approximate surface area is 210 Å². The Bertz CT molecular complexity index is 1210. The molecule has 8 nitrogen and oxygen atoms in total. The zero-order valence-corrected chi connectivity index (χ0v) is 20.7. The van der Waals surface area contributed by atoms with Crippen LogP contribution in [0.4, 0.5) is 0 Å². The van der Waals surface area contributed by atoms with Crippen LogP contribution in [-0.2, 0) is 27.2 Å². The zero-order valence-electron chi connectivity index (χ0n) is 20.7. The molecule has 2 aromatic rings. The monoisotopic (exact) mass is 492 g/mol. The lowest BCUT2D eigenvalue weighted by molar-refractivity contribution is -0.0939. The molecule has 4 aliphatic rings. The number of benzene rings is 2. The van der Waals surface area contributed by atoms with E-state index < -0.39 is 6.10 Å². The average molecular weight is 493 g/mol. The summed E-state index contributed by atoms with van der Waals surface area (Å²) >= 11 is 0. The number of esters is 2. The molecule has 4 heterocycles. The van der Waals surface area contributed by atoms with Crippen molar-refractivity contribution < 1.29 is 28.9 Å². The predicted octanol–water partition coefficient (Wildman–Crippen LogP) is 2.56. The smallest absolute Gasteiger partial charge is 0.338 e. The summed E-state index contributed by atoms with van der Waals surface area (Å²) in [7, 11) is 0. The predicted molar refractivity (Wildman–Crippen MR) is 131 cm³/mol. The first-order chi connectivity index (χ1) is 17.4. The normalized spacial score (nSPS) is 27.0. The third-order valence-corrected chi connectivity index (χ3v) is 8.11. The Hall–Kier alpha value is -2.78. The number of carbonyl (C=O) groups is 2. The van der Waals surface area contributed by atoms with E-state index in [0.29, 0.717) is 37.3 Å².